The smallest absolute Gasteiger partial charge is 0.0581 e. The first-order chi connectivity index (χ1) is 4.29. The minimum absolute atomic E-state index is 0.0469. The average molecular weight is 238 g/mol. The second kappa shape index (κ2) is 2.09. The monoisotopic (exact) mass is 238 g/mol. The number of rotatable bonds is 0. The normalized spacial score (nSPS) is 56.7. The van der Waals surface area contributed by atoms with E-state index in [1.54, 1.807) is 0 Å². The van der Waals surface area contributed by atoms with Crippen molar-refractivity contribution in [3.8, 4) is 0 Å². The minimum Gasteiger partial charge on any atom is -0.393 e. The van der Waals surface area contributed by atoms with E-state index in [2.05, 4.69) is 22.6 Å². The molecule has 2 heteroatoms. The molecule has 0 aromatic rings. The lowest BCUT2D eigenvalue weighted by molar-refractivity contribution is 0.114. The molecule has 2 aliphatic rings. The van der Waals surface area contributed by atoms with Gasteiger partial charge in [0.25, 0.3) is 0 Å². The Kier molecular flexibility index (Phi) is 1.49. The zero-order chi connectivity index (χ0) is 6.43. The molecule has 1 N–H and O–H groups in total. The van der Waals surface area contributed by atoms with Crippen LogP contribution in [0.1, 0.15) is 19.3 Å². The quantitative estimate of drug-likeness (QED) is 0.501. The maximum absolute atomic E-state index is 9.38. The number of alkyl halides is 1. The van der Waals surface area contributed by atoms with E-state index in [-0.39, 0.29) is 6.10 Å². The average Bonchev–Trinajstić information content (AvgIpc) is 2.25. The molecule has 2 bridgehead atoms. The lowest BCUT2D eigenvalue weighted by atomic mass is 9.98. The third kappa shape index (κ3) is 0.827. The van der Waals surface area contributed by atoms with E-state index >= 15 is 0 Å². The second-order valence-corrected chi connectivity index (χ2v) is 4.69. The third-order valence-corrected chi connectivity index (χ3v) is 4.71. The predicted molar refractivity (Wildman–Crippen MR) is 44.6 cm³/mol. The summed E-state index contributed by atoms with van der Waals surface area (Å²) in [5.41, 5.74) is 0. The Hall–Kier alpha value is 0.690. The van der Waals surface area contributed by atoms with Gasteiger partial charge in [-0.25, -0.2) is 0 Å². The van der Waals surface area contributed by atoms with Crippen LogP contribution in [0.5, 0.6) is 0 Å². The SMILES string of the molecule is OC1CC2CCC1C2I. The first kappa shape index (κ1) is 6.40. The summed E-state index contributed by atoms with van der Waals surface area (Å²) in [6, 6.07) is 0. The number of halogens is 1. The van der Waals surface area contributed by atoms with Gasteiger partial charge in [-0.15, -0.1) is 0 Å². The fourth-order valence-corrected chi connectivity index (χ4v) is 3.70. The van der Waals surface area contributed by atoms with Crippen LogP contribution in [0, 0.1) is 11.8 Å². The van der Waals surface area contributed by atoms with Gasteiger partial charge in [0.2, 0.25) is 0 Å². The van der Waals surface area contributed by atoms with Gasteiger partial charge in [-0.1, -0.05) is 22.6 Å². The summed E-state index contributed by atoms with van der Waals surface area (Å²) in [5.74, 6) is 1.50. The summed E-state index contributed by atoms with van der Waals surface area (Å²) in [5, 5.41) is 9.38. The van der Waals surface area contributed by atoms with Crippen molar-refractivity contribution in [1.82, 2.24) is 0 Å². The topological polar surface area (TPSA) is 20.2 Å². The van der Waals surface area contributed by atoms with Crippen molar-refractivity contribution >= 4 is 22.6 Å². The molecule has 4 unspecified atom stereocenters. The minimum atomic E-state index is 0.0469. The Bertz CT molecular complexity index is 126. The van der Waals surface area contributed by atoms with Gasteiger partial charge >= 0.3 is 0 Å². The molecule has 0 saturated heterocycles. The van der Waals surface area contributed by atoms with Crippen molar-refractivity contribution in [1.29, 1.82) is 0 Å². The zero-order valence-electron chi connectivity index (χ0n) is 5.26. The third-order valence-electron chi connectivity index (χ3n) is 2.77. The van der Waals surface area contributed by atoms with Gasteiger partial charge < -0.3 is 5.11 Å². The van der Waals surface area contributed by atoms with E-state index in [1.807, 2.05) is 0 Å². The maximum Gasteiger partial charge on any atom is 0.0581 e. The van der Waals surface area contributed by atoms with Gasteiger partial charge in [-0.3, -0.25) is 0 Å². The molecule has 0 aromatic carbocycles. The molecular weight excluding hydrogens is 227 g/mol. The molecule has 2 saturated carbocycles. The van der Waals surface area contributed by atoms with Crippen molar-refractivity contribution in [2.24, 2.45) is 11.8 Å². The maximum atomic E-state index is 9.38. The first-order valence-electron chi connectivity index (χ1n) is 3.61. The molecule has 4 atom stereocenters. The van der Waals surface area contributed by atoms with Gasteiger partial charge in [0.05, 0.1) is 6.10 Å². The Morgan fingerprint density at radius 2 is 2.11 bits per heavy atom. The summed E-state index contributed by atoms with van der Waals surface area (Å²) in [4.78, 5) is 0. The number of hydrogen-bond donors (Lipinski definition) is 1. The highest BCUT2D eigenvalue weighted by molar-refractivity contribution is 14.1. The number of hydrogen-bond acceptors (Lipinski definition) is 1. The molecule has 0 aliphatic heterocycles. The van der Waals surface area contributed by atoms with Crippen molar-refractivity contribution in [2.45, 2.75) is 29.3 Å². The van der Waals surface area contributed by atoms with Crippen LogP contribution in [-0.2, 0) is 0 Å². The summed E-state index contributed by atoms with van der Waals surface area (Å²) in [6.45, 7) is 0. The standard InChI is InChI=1S/C7H11IO/c8-7-4-1-2-5(7)6(9)3-4/h4-7,9H,1-3H2. The predicted octanol–water partition coefficient (Wildman–Crippen LogP) is 1.58. The van der Waals surface area contributed by atoms with Crippen molar-refractivity contribution in [3.05, 3.63) is 0 Å². The van der Waals surface area contributed by atoms with Gasteiger partial charge in [0.1, 0.15) is 0 Å². The van der Waals surface area contributed by atoms with Gasteiger partial charge in [-0.05, 0) is 31.1 Å². The molecule has 0 aromatic heterocycles. The molecule has 0 spiro atoms. The Labute approximate surface area is 69.0 Å². The largest absolute Gasteiger partial charge is 0.393 e. The molecule has 0 amide bonds. The van der Waals surface area contributed by atoms with E-state index in [9.17, 15) is 5.11 Å². The van der Waals surface area contributed by atoms with Crippen LogP contribution < -0.4 is 0 Å². The summed E-state index contributed by atoms with van der Waals surface area (Å²) in [6.07, 6.45) is 3.78. The summed E-state index contributed by atoms with van der Waals surface area (Å²) < 4.78 is 0.789. The summed E-state index contributed by atoms with van der Waals surface area (Å²) in [7, 11) is 0. The molecule has 2 aliphatic carbocycles. The molecule has 52 valence electrons. The molecule has 2 fully saturated rings. The first-order valence-corrected chi connectivity index (χ1v) is 4.86. The van der Waals surface area contributed by atoms with E-state index in [0.29, 0.717) is 5.92 Å². The molecule has 2 rings (SSSR count). The van der Waals surface area contributed by atoms with Crippen LogP contribution in [0.2, 0.25) is 0 Å². The van der Waals surface area contributed by atoms with E-state index in [0.717, 1.165) is 16.3 Å². The van der Waals surface area contributed by atoms with E-state index < -0.39 is 0 Å². The van der Waals surface area contributed by atoms with Crippen LogP contribution in [0.15, 0.2) is 0 Å². The van der Waals surface area contributed by atoms with Crippen LogP contribution in [0.25, 0.3) is 0 Å². The van der Waals surface area contributed by atoms with Gasteiger partial charge in [0, 0.05) is 3.92 Å². The number of aliphatic hydroxyl groups excluding tert-OH is 1. The van der Waals surface area contributed by atoms with E-state index in [1.165, 1.54) is 12.8 Å². The Morgan fingerprint density at radius 3 is 2.33 bits per heavy atom. The molecule has 0 heterocycles. The van der Waals surface area contributed by atoms with Gasteiger partial charge in [0.15, 0.2) is 0 Å². The molecule has 1 nitrogen and oxygen atoms in total. The highest BCUT2D eigenvalue weighted by Gasteiger charge is 2.45. The molecule has 0 radical (unpaired) electrons. The lowest BCUT2D eigenvalue weighted by Gasteiger charge is -2.14. The Morgan fingerprint density at radius 1 is 1.33 bits per heavy atom. The molecular formula is C7H11IO. The second-order valence-electron chi connectivity index (χ2n) is 3.25. The Balaban J connectivity index is 2.16. The number of fused-ring (bicyclic) bond motifs is 2. The lowest BCUT2D eigenvalue weighted by Crippen LogP contribution is -2.16. The van der Waals surface area contributed by atoms with Crippen molar-refractivity contribution < 1.29 is 5.11 Å². The zero-order valence-corrected chi connectivity index (χ0v) is 7.41. The van der Waals surface area contributed by atoms with Crippen LogP contribution in [0.3, 0.4) is 0 Å². The fraction of sp³-hybridized carbons (Fsp3) is 1.00. The van der Waals surface area contributed by atoms with Crippen LogP contribution in [0.4, 0.5) is 0 Å². The number of aliphatic hydroxyl groups is 1. The van der Waals surface area contributed by atoms with Crippen molar-refractivity contribution in [3.63, 3.8) is 0 Å². The summed E-state index contributed by atoms with van der Waals surface area (Å²) >= 11 is 2.50. The molecule has 9 heavy (non-hydrogen) atoms. The fourth-order valence-electron chi connectivity index (χ4n) is 2.21. The highest BCUT2D eigenvalue weighted by atomic mass is 127. The van der Waals surface area contributed by atoms with Gasteiger partial charge in [-0.2, -0.15) is 0 Å². The van der Waals surface area contributed by atoms with E-state index in [4.69, 9.17) is 0 Å². The highest BCUT2D eigenvalue weighted by Crippen LogP contribution is 2.48. The van der Waals surface area contributed by atoms with Crippen LogP contribution in [-0.4, -0.2) is 15.1 Å². The van der Waals surface area contributed by atoms with Crippen LogP contribution >= 0.6 is 22.6 Å². The van der Waals surface area contributed by atoms with Crippen molar-refractivity contribution in [2.75, 3.05) is 0 Å².